The van der Waals surface area contributed by atoms with Gasteiger partial charge < -0.3 is 14.7 Å². The smallest absolute Gasteiger partial charge is 0.251 e. The first kappa shape index (κ1) is 14.4. The summed E-state index contributed by atoms with van der Waals surface area (Å²) < 4.78 is 19.1. The quantitative estimate of drug-likeness (QED) is 0.833. The lowest BCUT2D eigenvalue weighted by atomic mass is 9.85. The van der Waals surface area contributed by atoms with E-state index >= 15 is 0 Å². The fourth-order valence-corrected chi connectivity index (χ4v) is 3.08. The zero-order valence-corrected chi connectivity index (χ0v) is 11.8. The van der Waals surface area contributed by atoms with Gasteiger partial charge >= 0.3 is 0 Å². The van der Waals surface area contributed by atoms with Gasteiger partial charge in [0.15, 0.2) is 0 Å². The van der Waals surface area contributed by atoms with Crippen molar-refractivity contribution in [2.45, 2.75) is 37.4 Å². The number of ether oxygens (including phenoxy) is 1. The van der Waals surface area contributed by atoms with Gasteiger partial charge in [0.1, 0.15) is 6.10 Å². The van der Waals surface area contributed by atoms with Crippen molar-refractivity contribution in [3.8, 4) is 0 Å². The third kappa shape index (κ3) is 2.78. The first-order valence-corrected chi connectivity index (χ1v) is 7.34. The average molecular weight is 294 g/mol. The monoisotopic (exact) mass is 294 g/mol. The Bertz CT molecular complexity index is 523. The first-order chi connectivity index (χ1) is 10.1. The van der Waals surface area contributed by atoms with Crippen molar-refractivity contribution in [3.05, 3.63) is 29.8 Å². The van der Waals surface area contributed by atoms with E-state index < -0.39 is 11.5 Å². The number of nitrogens with zero attached hydrogens (tertiary/aromatic N) is 2. The van der Waals surface area contributed by atoms with E-state index in [2.05, 4.69) is 4.98 Å². The van der Waals surface area contributed by atoms with Gasteiger partial charge in [0, 0.05) is 31.5 Å². The molecular weight excluding hydrogens is 275 g/mol. The Kier molecular flexibility index (Phi) is 3.91. The Balaban J connectivity index is 1.67. The van der Waals surface area contributed by atoms with E-state index in [9.17, 15) is 14.3 Å². The molecule has 2 saturated heterocycles. The van der Waals surface area contributed by atoms with Crippen molar-refractivity contribution in [1.82, 2.24) is 9.88 Å². The Morgan fingerprint density at radius 1 is 1.48 bits per heavy atom. The maximum Gasteiger partial charge on any atom is 0.251 e. The molecule has 1 aromatic rings. The van der Waals surface area contributed by atoms with Gasteiger partial charge in [0.2, 0.25) is 5.95 Å². The average Bonchev–Trinajstić information content (AvgIpc) is 3.02. The molecule has 1 atom stereocenters. The van der Waals surface area contributed by atoms with Crippen LogP contribution in [0.25, 0.3) is 0 Å². The predicted octanol–water partition coefficient (Wildman–Crippen LogP) is 1.21. The Hall–Kier alpha value is -1.53. The molecule has 2 aliphatic rings. The Morgan fingerprint density at radius 2 is 2.24 bits per heavy atom. The minimum absolute atomic E-state index is 0.0128. The van der Waals surface area contributed by atoms with E-state index in [0.29, 0.717) is 32.5 Å². The van der Waals surface area contributed by atoms with Crippen LogP contribution in [0.5, 0.6) is 0 Å². The van der Waals surface area contributed by atoms with E-state index in [1.165, 1.54) is 6.20 Å². The van der Waals surface area contributed by atoms with Crippen LogP contribution in [0.3, 0.4) is 0 Å². The highest BCUT2D eigenvalue weighted by Gasteiger charge is 2.39. The van der Waals surface area contributed by atoms with Crippen molar-refractivity contribution in [1.29, 1.82) is 0 Å². The summed E-state index contributed by atoms with van der Waals surface area (Å²) in [6.07, 6.45) is 3.32. The van der Waals surface area contributed by atoms with Crippen LogP contribution in [0.2, 0.25) is 0 Å². The summed E-state index contributed by atoms with van der Waals surface area (Å²) in [7, 11) is 0. The third-order valence-corrected chi connectivity index (χ3v) is 4.37. The second-order valence-electron chi connectivity index (χ2n) is 5.70. The number of pyridine rings is 1. The molecule has 21 heavy (non-hydrogen) atoms. The van der Waals surface area contributed by atoms with Gasteiger partial charge in [0.05, 0.1) is 5.60 Å². The number of carbonyl (C=O) groups excluding carboxylic acids is 1. The van der Waals surface area contributed by atoms with Crippen LogP contribution in [0.4, 0.5) is 4.39 Å². The molecule has 3 rings (SSSR count). The topological polar surface area (TPSA) is 62.7 Å². The van der Waals surface area contributed by atoms with Crippen LogP contribution in [-0.4, -0.2) is 46.7 Å². The summed E-state index contributed by atoms with van der Waals surface area (Å²) in [4.78, 5) is 17.5. The molecule has 3 heterocycles. The van der Waals surface area contributed by atoms with Gasteiger partial charge in [-0.2, -0.15) is 4.39 Å². The summed E-state index contributed by atoms with van der Waals surface area (Å²) in [6, 6.07) is 3.17. The molecule has 1 N–H and O–H groups in total. The molecule has 0 aliphatic carbocycles. The van der Waals surface area contributed by atoms with Gasteiger partial charge in [-0.1, -0.05) is 6.07 Å². The number of hydrogen-bond donors (Lipinski definition) is 1. The van der Waals surface area contributed by atoms with Crippen molar-refractivity contribution in [2.75, 3.05) is 19.7 Å². The second-order valence-corrected chi connectivity index (χ2v) is 5.70. The number of rotatable bonds is 2. The van der Waals surface area contributed by atoms with Gasteiger partial charge in [-0.3, -0.25) is 4.79 Å². The number of halogens is 1. The molecule has 1 amide bonds. The zero-order valence-electron chi connectivity index (χ0n) is 11.8. The molecule has 6 heteroatoms. The van der Waals surface area contributed by atoms with E-state index in [0.717, 1.165) is 12.8 Å². The first-order valence-electron chi connectivity index (χ1n) is 7.34. The van der Waals surface area contributed by atoms with E-state index in [4.69, 9.17) is 4.74 Å². The summed E-state index contributed by atoms with van der Waals surface area (Å²) in [6.45, 7) is 1.45. The molecular formula is C15H19FN2O3. The molecule has 114 valence electrons. The molecule has 5 nitrogen and oxygen atoms in total. The van der Waals surface area contributed by atoms with Gasteiger partial charge in [-0.15, -0.1) is 0 Å². The molecule has 0 aromatic carbocycles. The molecule has 1 aromatic heterocycles. The fourth-order valence-electron chi connectivity index (χ4n) is 3.08. The minimum Gasteiger partial charge on any atom is -0.385 e. The van der Waals surface area contributed by atoms with Crippen molar-refractivity contribution in [2.24, 2.45) is 0 Å². The normalized spacial score (nSPS) is 25.0. The molecule has 2 aliphatic heterocycles. The van der Waals surface area contributed by atoms with E-state index in [-0.39, 0.29) is 17.6 Å². The van der Waals surface area contributed by atoms with Crippen LogP contribution in [-0.2, 0) is 15.1 Å². The van der Waals surface area contributed by atoms with E-state index in [1.807, 2.05) is 0 Å². The number of piperidine rings is 1. The molecule has 0 bridgehead atoms. The predicted molar refractivity (Wildman–Crippen MR) is 72.9 cm³/mol. The van der Waals surface area contributed by atoms with Crippen LogP contribution in [0.15, 0.2) is 18.3 Å². The largest absolute Gasteiger partial charge is 0.385 e. The number of likely N-dealkylation sites (tertiary alicyclic amines) is 1. The number of amides is 1. The lowest BCUT2D eigenvalue weighted by Crippen LogP contribution is -2.48. The van der Waals surface area contributed by atoms with Gasteiger partial charge in [0.25, 0.3) is 5.91 Å². The highest BCUT2D eigenvalue weighted by Crippen LogP contribution is 2.34. The molecule has 2 fully saturated rings. The van der Waals surface area contributed by atoms with Crippen molar-refractivity contribution < 1.29 is 19.0 Å². The maximum absolute atomic E-state index is 13.7. The zero-order chi connectivity index (χ0) is 14.9. The standard InChI is InChI=1S/C15H19FN2O3/c16-13-11(3-1-7-17-13)15(20)5-8-18(9-6-15)14(19)12-4-2-10-21-12/h1,3,7,12,20H,2,4-6,8-10H2. The summed E-state index contributed by atoms with van der Waals surface area (Å²) in [5, 5.41) is 10.6. The summed E-state index contributed by atoms with van der Waals surface area (Å²) >= 11 is 0. The van der Waals surface area contributed by atoms with Crippen molar-refractivity contribution >= 4 is 5.91 Å². The van der Waals surface area contributed by atoms with Gasteiger partial charge in [-0.25, -0.2) is 4.98 Å². The molecule has 0 spiro atoms. The Morgan fingerprint density at radius 3 is 2.86 bits per heavy atom. The number of aromatic nitrogens is 1. The van der Waals surface area contributed by atoms with Crippen LogP contribution >= 0.6 is 0 Å². The fraction of sp³-hybridized carbons (Fsp3) is 0.600. The lowest BCUT2D eigenvalue weighted by Gasteiger charge is -2.39. The van der Waals surface area contributed by atoms with Crippen LogP contribution < -0.4 is 0 Å². The van der Waals surface area contributed by atoms with Gasteiger partial charge in [-0.05, 0) is 31.7 Å². The molecule has 0 radical (unpaired) electrons. The SMILES string of the molecule is O=C(C1CCCO1)N1CCC(O)(c2cccnc2F)CC1. The maximum atomic E-state index is 13.7. The third-order valence-electron chi connectivity index (χ3n) is 4.37. The van der Waals surface area contributed by atoms with Crippen LogP contribution in [0, 0.1) is 5.95 Å². The highest BCUT2D eigenvalue weighted by molar-refractivity contribution is 5.81. The lowest BCUT2D eigenvalue weighted by molar-refractivity contribution is -0.145. The number of hydrogen-bond acceptors (Lipinski definition) is 4. The molecule has 0 saturated carbocycles. The summed E-state index contributed by atoms with van der Waals surface area (Å²) in [5.74, 6) is -0.653. The number of aliphatic hydroxyl groups is 1. The highest BCUT2D eigenvalue weighted by atomic mass is 19.1. The molecule has 1 unspecified atom stereocenters. The second kappa shape index (κ2) is 5.69. The van der Waals surface area contributed by atoms with Crippen LogP contribution in [0.1, 0.15) is 31.2 Å². The van der Waals surface area contributed by atoms with E-state index in [1.54, 1.807) is 17.0 Å². The van der Waals surface area contributed by atoms with Crippen molar-refractivity contribution in [3.63, 3.8) is 0 Å². The minimum atomic E-state index is -1.24. The number of carbonyl (C=O) groups is 1. The summed E-state index contributed by atoms with van der Waals surface area (Å²) in [5.41, 5.74) is -1.03. The Labute approximate surface area is 122 Å².